The molecular weight excluding hydrogens is 381 g/mol. The van der Waals surface area contributed by atoms with Gasteiger partial charge in [-0.15, -0.1) is 10.2 Å². The molecule has 154 valence electrons. The number of rotatable bonds is 3. The molecule has 2 saturated heterocycles. The quantitative estimate of drug-likeness (QED) is 0.684. The molecule has 4 heterocycles. The van der Waals surface area contributed by atoms with Gasteiger partial charge in [0.05, 0.1) is 11.8 Å². The van der Waals surface area contributed by atoms with Crippen LogP contribution < -0.4 is 5.32 Å². The van der Waals surface area contributed by atoms with E-state index in [1.54, 1.807) is 24.7 Å². The van der Waals surface area contributed by atoms with Crippen molar-refractivity contribution in [3.05, 3.63) is 49.1 Å². The van der Waals surface area contributed by atoms with Crippen LogP contribution in [0.4, 0.5) is 4.39 Å². The largest absolute Gasteiger partial charge is 0.507 e. The zero-order valence-corrected chi connectivity index (χ0v) is 16.8. The molecule has 0 aliphatic carbocycles. The van der Waals surface area contributed by atoms with E-state index in [1.807, 2.05) is 19.1 Å². The third kappa shape index (κ3) is 3.13. The Hall–Kier alpha value is -2.93. The fourth-order valence-electron chi connectivity index (χ4n) is 4.95. The molecule has 2 bridgehead atoms. The average Bonchev–Trinajstić information content (AvgIpc) is 2.75. The molecule has 4 atom stereocenters. The first kappa shape index (κ1) is 19.1. The SMILES string of the molecule is C=C(c1cnc(-c2cc3ccncc3cc2O)nn1)[C@@H]1CC2CCC[C@](C)(N2)[C@H]1F. The van der Waals surface area contributed by atoms with Gasteiger partial charge in [0.2, 0.25) is 0 Å². The Kier molecular flexibility index (Phi) is 4.50. The van der Waals surface area contributed by atoms with Gasteiger partial charge in [-0.3, -0.25) is 4.98 Å². The molecule has 0 amide bonds. The van der Waals surface area contributed by atoms with Crippen LogP contribution in [0.25, 0.3) is 27.7 Å². The van der Waals surface area contributed by atoms with Gasteiger partial charge in [0.15, 0.2) is 5.82 Å². The number of aromatic nitrogens is 4. The van der Waals surface area contributed by atoms with Gasteiger partial charge in [-0.1, -0.05) is 6.58 Å². The van der Waals surface area contributed by atoms with E-state index in [4.69, 9.17) is 0 Å². The van der Waals surface area contributed by atoms with E-state index in [1.165, 1.54) is 0 Å². The second-order valence-electron chi connectivity index (χ2n) is 8.68. The van der Waals surface area contributed by atoms with Crippen LogP contribution in [0.1, 0.15) is 38.3 Å². The number of hydrogen-bond donors (Lipinski definition) is 2. The average molecular weight is 405 g/mol. The van der Waals surface area contributed by atoms with Crippen LogP contribution in [0.5, 0.6) is 5.75 Å². The number of nitrogens with zero attached hydrogens (tertiary/aromatic N) is 4. The number of piperidine rings is 2. The molecule has 2 aliphatic rings. The van der Waals surface area contributed by atoms with Crippen LogP contribution in [-0.4, -0.2) is 43.0 Å². The second kappa shape index (κ2) is 7.09. The van der Waals surface area contributed by atoms with E-state index in [0.29, 0.717) is 35.1 Å². The predicted octanol–water partition coefficient (Wildman–Crippen LogP) is 4.06. The van der Waals surface area contributed by atoms with Crippen molar-refractivity contribution in [1.82, 2.24) is 25.5 Å². The molecule has 1 aromatic carbocycles. The summed E-state index contributed by atoms with van der Waals surface area (Å²) in [4.78, 5) is 8.46. The van der Waals surface area contributed by atoms with Crippen molar-refractivity contribution in [2.45, 2.75) is 50.4 Å². The van der Waals surface area contributed by atoms with Gasteiger partial charge < -0.3 is 10.4 Å². The lowest BCUT2D eigenvalue weighted by molar-refractivity contribution is 0.0324. The highest BCUT2D eigenvalue weighted by Crippen LogP contribution is 2.43. The van der Waals surface area contributed by atoms with Gasteiger partial charge in [0.25, 0.3) is 0 Å². The Labute approximate surface area is 174 Å². The Morgan fingerprint density at radius 2 is 2.13 bits per heavy atom. The third-order valence-corrected chi connectivity index (χ3v) is 6.62. The Morgan fingerprint density at radius 3 is 2.93 bits per heavy atom. The van der Waals surface area contributed by atoms with E-state index < -0.39 is 11.7 Å². The molecule has 6 nitrogen and oxygen atoms in total. The summed E-state index contributed by atoms with van der Waals surface area (Å²) < 4.78 is 15.4. The smallest absolute Gasteiger partial charge is 0.185 e. The summed E-state index contributed by atoms with van der Waals surface area (Å²) in [5.41, 5.74) is 1.12. The maximum atomic E-state index is 15.4. The molecule has 2 fully saturated rings. The minimum Gasteiger partial charge on any atom is -0.507 e. The van der Waals surface area contributed by atoms with Crippen molar-refractivity contribution in [2.75, 3.05) is 0 Å². The van der Waals surface area contributed by atoms with Crippen molar-refractivity contribution in [3.8, 4) is 17.1 Å². The zero-order chi connectivity index (χ0) is 20.9. The lowest BCUT2D eigenvalue weighted by atomic mass is 9.69. The second-order valence-corrected chi connectivity index (χ2v) is 8.68. The number of halogens is 1. The van der Waals surface area contributed by atoms with Crippen molar-refractivity contribution in [2.24, 2.45) is 5.92 Å². The first-order valence-electron chi connectivity index (χ1n) is 10.3. The zero-order valence-electron chi connectivity index (χ0n) is 16.8. The standard InChI is InChI=1S/C23H24FN5O/c1-13(17-10-16-4-3-6-23(2,27-16)21(17)24)19-12-26-22(29-28-19)18-8-14-5-7-25-11-15(14)9-20(18)30/h5,7-9,11-12,16-17,21,27,30H,1,3-4,6,10H2,2H3/t16?,17-,21-,23-/m0/s1. The van der Waals surface area contributed by atoms with Gasteiger partial charge >= 0.3 is 0 Å². The fourth-order valence-corrected chi connectivity index (χ4v) is 4.95. The van der Waals surface area contributed by atoms with E-state index in [9.17, 15) is 5.11 Å². The molecule has 0 saturated carbocycles. The lowest BCUT2D eigenvalue weighted by Gasteiger charge is -2.50. The number of fused-ring (bicyclic) bond motifs is 3. The molecule has 0 spiro atoms. The lowest BCUT2D eigenvalue weighted by Crippen LogP contribution is -2.63. The summed E-state index contributed by atoms with van der Waals surface area (Å²) in [6, 6.07) is 5.61. The summed E-state index contributed by atoms with van der Waals surface area (Å²) in [6.07, 6.45) is 7.58. The summed E-state index contributed by atoms with van der Waals surface area (Å²) in [7, 11) is 0. The first-order chi connectivity index (χ1) is 14.4. The number of hydrogen-bond acceptors (Lipinski definition) is 6. The van der Waals surface area contributed by atoms with E-state index in [2.05, 4.69) is 32.1 Å². The summed E-state index contributed by atoms with van der Waals surface area (Å²) in [6.45, 7) is 6.12. The topological polar surface area (TPSA) is 83.8 Å². The van der Waals surface area contributed by atoms with Gasteiger partial charge in [-0.05, 0) is 61.8 Å². The van der Waals surface area contributed by atoms with Crippen molar-refractivity contribution in [1.29, 1.82) is 0 Å². The summed E-state index contributed by atoms with van der Waals surface area (Å²) in [5, 5.41) is 24.1. The van der Waals surface area contributed by atoms with E-state index in [0.717, 1.165) is 30.0 Å². The molecular formula is C23H24FN5O. The Morgan fingerprint density at radius 1 is 1.27 bits per heavy atom. The molecule has 3 aromatic rings. The van der Waals surface area contributed by atoms with Crippen LogP contribution in [-0.2, 0) is 0 Å². The highest BCUT2D eigenvalue weighted by atomic mass is 19.1. The number of allylic oxidation sites excluding steroid dienone is 1. The molecule has 0 radical (unpaired) electrons. The molecule has 5 rings (SSSR count). The number of aromatic hydroxyl groups is 1. The van der Waals surface area contributed by atoms with Crippen molar-refractivity contribution >= 4 is 16.3 Å². The monoisotopic (exact) mass is 405 g/mol. The number of alkyl halides is 1. The molecule has 30 heavy (non-hydrogen) atoms. The van der Waals surface area contributed by atoms with Crippen LogP contribution >= 0.6 is 0 Å². The van der Waals surface area contributed by atoms with Gasteiger partial charge in [0.1, 0.15) is 17.6 Å². The molecule has 7 heteroatoms. The Balaban J connectivity index is 1.43. The first-order valence-corrected chi connectivity index (χ1v) is 10.3. The third-order valence-electron chi connectivity index (χ3n) is 6.62. The van der Waals surface area contributed by atoms with E-state index >= 15 is 4.39 Å². The normalized spacial score (nSPS) is 28.4. The number of nitrogens with one attached hydrogen (secondary N) is 1. The van der Waals surface area contributed by atoms with Gasteiger partial charge in [-0.2, -0.15) is 0 Å². The van der Waals surface area contributed by atoms with E-state index in [-0.39, 0.29) is 11.7 Å². The van der Waals surface area contributed by atoms with Crippen molar-refractivity contribution in [3.63, 3.8) is 0 Å². The minimum atomic E-state index is -1.03. The van der Waals surface area contributed by atoms with Crippen LogP contribution in [0.2, 0.25) is 0 Å². The number of phenolic OH excluding ortho intramolecular Hbond substituents is 1. The van der Waals surface area contributed by atoms with Crippen LogP contribution in [0.15, 0.2) is 43.4 Å². The predicted molar refractivity (Wildman–Crippen MR) is 113 cm³/mol. The van der Waals surface area contributed by atoms with Gasteiger partial charge in [0, 0.05) is 35.3 Å². The number of pyridine rings is 1. The summed E-state index contributed by atoms with van der Waals surface area (Å²) in [5.74, 6) is 0.0746. The van der Waals surface area contributed by atoms with Gasteiger partial charge in [-0.25, -0.2) is 9.37 Å². The molecule has 1 unspecified atom stereocenters. The minimum absolute atomic E-state index is 0.0619. The summed E-state index contributed by atoms with van der Waals surface area (Å²) >= 11 is 0. The highest BCUT2D eigenvalue weighted by Gasteiger charge is 2.48. The number of benzene rings is 1. The van der Waals surface area contributed by atoms with Crippen molar-refractivity contribution < 1.29 is 9.50 Å². The maximum absolute atomic E-state index is 15.4. The molecule has 2 N–H and O–H groups in total. The number of phenols is 1. The van der Waals surface area contributed by atoms with Crippen LogP contribution in [0, 0.1) is 5.92 Å². The molecule has 2 aromatic heterocycles. The van der Waals surface area contributed by atoms with Crippen LogP contribution in [0.3, 0.4) is 0 Å². The fraction of sp³-hybridized carbons (Fsp3) is 0.391. The molecule has 2 aliphatic heterocycles. The Bertz CT molecular complexity index is 1120. The highest BCUT2D eigenvalue weighted by molar-refractivity contribution is 5.88. The maximum Gasteiger partial charge on any atom is 0.185 e.